The van der Waals surface area contributed by atoms with Gasteiger partial charge >= 0.3 is 0 Å². The summed E-state index contributed by atoms with van der Waals surface area (Å²) in [5.41, 5.74) is -0.459. The first-order valence-electron chi connectivity index (χ1n) is 5.70. The van der Waals surface area contributed by atoms with Crippen molar-refractivity contribution in [1.82, 2.24) is 5.32 Å². The topological polar surface area (TPSA) is 52.9 Å². The van der Waals surface area contributed by atoms with Crippen molar-refractivity contribution in [3.05, 3.63) is 0 Å². The number of rotatable bonds is 7. The first-order chi connectivity index (χ1) is 7.02. The molecule has 1 N–H and O–H groups in total. The highest BCUT2D eigenvalue weighted by atomic mass is 16.1. The maximum atomic E-state index is 11.3. The SMILES string of the molecule is CCCCCCC(=O)NCC(C)(C)C#N. The first-order valence-corrected chi connectivity index (χ1v) is 5.70. The molecule has 0 spiro atoms. The van der Waals surface area contributed by atoms with Gasteiger partial charge in [0.1, 0.15) is 0 Å². The van der Waals surface area contributed by atoms with Crippen LogP contribution in [0.25, 0.3) is 0 Å². The third-order valence-corrected chi connectivity index (χ3v) is 2.29. The van der Waals surface area contributed by atoms with Crippen LogP contribution in [0.2, 0.25) is 0 Å². The molecule has 0 fully saturated rings. The molecule has 0 aromatic carbocycles. The van der Waals surface area contributed by atoms with Gasteiger partial charge in [-0.15, -0.1) is 0 Å². The van der Waals surface area contributed by atoms with Crippen molar-refractivity contribution in [1.29, 1.82) is 5.26 Å². The Morgan fingerprint density at radius 3 is 2.53 bits per heavy atom. The average Bonchev–Trinajstić information content (AvgIpc) is 2.22. The average molecular weight is 210 g/mol. The zero-order chi connectivity index (χ0) is 11.7. The molecule has 0 aliphatic rings. The Kier molecular flexibility index (Phi) is 6.77. The van der Waals surface area contributed by atoms with E-state index >= 15 is 0 Å². The molecule has 0 bridgehead atoms. The Hall–Kier alpha value is -1.04. The van der Waals surface area contributed by atoms with Gasteiger partial charge in [0.15, 0.2) is 0 Å². The molecule has 0 unspecified atom stereocenters. The van der Waals surface area contributed by atoms with Crippen LogP contribution in [0.1, 0.15) is 52.9 Å². The first kappa shape index (κ1) is 14.0. The van der Waals surface area contributed by atoms with Gasteiger partial charge in [-0.2, -0.15) is 5.26 Å². The molecular weight excluding hydrogens is 188 g/mol. The van der Waals surface area contributed by atoms with Crippen LogP contribution in [0.15, 0.2) is 0 Å². The highest BCUT2D eigenvalue weighted by Crippen LogP contribution is 2.10. The Labute approximate surface area is 92.9 Å². The molecule has 0 atom stereocenters. The lowest BCUT2D eigenvalue weighted by molar-refractivity contribution is -0.121. The van der Waals surface area contributed by atoms with E-state index in [1.165, 1.54) is 12.8 Å². The highest BCUT2D eigenvalue weighted by molar-refractivity contribution is 5.75. The van der Waals surface area contributed by atoms with Crippen LogP contribution in [-0.4, -0.2) is 12.5 Å². The fourth-order valence-electron chi connectivity index (χ4n) is 1.16. The number of hydrogen-bond acceptors (Lipinski definition) is 2. The largest absolute Gasteiger partial charge is 0.355 e. The van der Waals surface area contributed by atoms with Crippen molar-refractivity contribution in [2.75, 3.05) is 6.54 Å². The molecule has 0 heterocycles. The molecule has 86 valence electrons. The molecule has 15 heavy (non-hydrogen) atoms. The molecule has 0 rings (SSSR count). The van der Waals surface area contributed by atoms with E-state index in [0.717, 1.165) is 12.8 Å². The number of carbonyl (C=O) groups is 1. The van der Waals surface area contributed by atoms with Gasteiger partial charge in [-0.3, -0.25) is 4.79 Å². The van der Waals surface area contributed by atoms with Gasteiger partial charge in [-0.25, -0.2) is 0 Å². The lowest BCUT2D eigenvalue weighted by Crippen LogP contribution is -2.32. The zero-order valence-electron chi connectivity index (χ0n) is 10.1. The lowest BCUT2D eigenvalue weighted by atomic mass is 9.96. The minimum atomic E-state index is -0.459. The second-order valence-corrected chi connectivity index (χ2v) is 4.58. The molecule has 0 saturated heterocycles. The van der Waals surface area contributed by atoms with E-state index in [4.69, 9.17) is 5.26 Å². The Morgan fingerprint density at radius 1 is 1.33 bits per heavy atom. The van der Waals surface area contributed by atoms with Crippen LogP contribution in [-0.2, 0) is 4.79 Å². The quantitative estimate of drug-likeness (QED) is 0.657. The number of nitriles is 1. The van der Waals surface area contributed by atoms with E-state index in [-0.39, 0.29) is 5.91 Å². The van der Waals surface area contributed by atoms with E-state index in [9.17, 15) is 4.79 Å². The number of amides is 1. The lowest BCUT2D eigenvalue weighted by Gasteiger charge is -2.15. The van der Waals surface area contributed by atoms with Gasteiger partial charge < -0.3 is 5.32 Å². The van der Waals surface area contributed by atoms with E-state index in [1.54, 1.807) is 0 Å². The molecule has 1 amide bonds. The van der Waals surface area contributed by atoms with Crippen molar-refractivity contribution in [2.24, 2.45) is 5.41 Å². The third-order valence-electron chi connectivity index (χ3n) is 2.29. The van der Waals surface area contributed by atoms with Crippen LogP contribution in [0.4, 0.5) is 0 Å². The van der Waals surface area contributed by atoms with Gasteiger partial charge in [0, 0.05) is 13.0 Å². The zero-order valence-corrected chi connectivity index (χ0v) is 10.1. The van der Waals surface area contributed by atoms with Gasteiger partial charge in [0.2, 0.25) is 5.91 Å². The Morgan fingerprint density at radius 2 is 2.00 bits per heavy atom. The summed E-state index contributed by atoms with van der Waals surface area (Å²) in [6.07, 6.45) is 5.03. The summed E-state index contributed by atoms with van der Waals surface area (Å²) in [5, 5.41) is 11.5. The summed E-state index contributed by atoms with van der Waals surface area (Å²) in [7, 11) is 0. The summed E-state index contributed by atoms with van der Waals surface area (Å²) in [4.78, 5) is 11.3. The van der Waals surface area contributed by atoms with Gasteiger partial charge in [0.25, 0.3) is 0 Å². The van der Waals surface area contributed by atoms with E-state index in [2.05, 4.69) is 18.3 Å². The third kappa shape index (κ3) is 7.99. The molecule has 0 aromatic rings. The number of hydrogen-bond donors (Lipinski definition) is 1. The molecule has 0 radical (unpaired) electrons. The predicted octanol–water partition coefficient (Wildman–Crippen LogP) is 2.62. The molecule has 0 aromatic heterocycles. The summed E-state index contributed by atoms with van der Waals surface area (Å²) >= 11 is 0. The molecule has 0 aliphatic heterocycles. The number of nitrogens with zero attached hydrogens (tertiary/aromatic N) is 1. The predicted molar refractivity (Wildman–Crippen MR) is 61.2 cm³/mol. The Bertz CT molecular complexity index is 228. The molecule has 3 heteroatoms. The van der Waals surface area contributed by atoms with Crippen LogP contribution < -0.4 is 5.32 Å². The van der Waals surface area contributed by atoms with Crippen LogP contribution in [0.5, 0.6) is 0 Å². The minimum Gasteiger partial charge on any atom is -0.355 e. The summed E-state index contributed by atoms with van der Waals surface area (Å²) in [5.74, 6) is 0.0643. The van der Waals surface area contributed by atoms with Gasteiger partial charge in [0.05, 0.1) is 11.5 Å². The van der Waals surface area contributed by atoms with E-state index < -0.39 is 5.41 Å². The molecular formula is C12H22N2O. The molecule has 0 aliphatic carbocycles. The highest BCUT2D eigenvalue weighted by Gasteiger charge is 2.17. The van der Waals surface area contributed by atoms with Crippen LogP contribution >= 0.6 is 0 Å². The van der Waals surface area contributed by atoms with Crippen molar-refractivity contribution >= 4 is 5.91 Å². The second kappa shape index (κ2) is 7.28. The fraction of sp³-hybridized carbons (Fsp3) is 0.833. The monoisotopic (exact) mass is 210 g/mol. The molecule has 3 nitrogen and oxygen atoms in total. The number of nitrogens with one attached hydrogen (secondary N) is 1. The summed E-state index contributed by atoms with van der Waals surface area (Å²) < 4.78 is 0. The number of unbranched alkanes of at least 4 members (excludes halogenated alkanes) is 3. The van der Waals surface area contributed by atoms with Crippen LogP contribution in [0, 0.1) is 16.7 Å². The van der Waals surface area contributed by atoms with Gasteiger partial charge in [-0.05, 0) is 20.3 Å². The van der Waals surface area contributed by atoms with Crippen molar-refractivity contribution in [2.45, 2.75) is 52.9 Å². The van der Waals surface area contributed by atoms with Crippen molar-refractivity contribution in [3.8, 4) is 6.07 Å². The van der Waals surface area contributed by atoms with Crippen LogP contribution in [0.3, 0.4) is 0 Å². The van der Waals surface area contributed by atoms with E-state index in [1.807, 2.05) is 13.8 Å². The smallest absolute Gasteiger partial charge is 0.220 e. The Balaban J connectivity index is 3.55. The fourth-order valence-corrected chi connectivity index (χ4v) is 1.16. The van der Waals surface area contributed by atoms with Crippen molar-refractivity contribution in [3.63, 3.8) is 0 Å². The maximum absolute atomic E-state index is 11.3. The summed E-state index contributed by atoms with van der Waals surface area (Å²) in [6, 6.07) is 2.16. The second-order valence-electron chi connectivity index (χ2n) is 4.58. The number of carbonyl (C=O) groups excluding carboxylic acids is 1. The minimum absolute atomic E-state index is 0.0643. The normalized spacial score (nSPS) is 10.8. The summed E-state index contributed by atoms with van der Waals surface area (Å²) in [6.45, 7) is 6.24. The van der Waals surface area contributed by atoms with E-state index in [0.29, 0.717) is 13.0 Å². The standard InChI is InChI=1S/C12H22N2O/c1-4-5-6-7-8-11(15)14-10-12(2,3)9-13/h4-8,10H2,1-3H3,(H,14,15). The van der Waals surface area contributed by atoms with Gasteiger partial charge in [-0.1, -0.05) is 26.2 Å². The van der Waals surface area contributed by atoms with Crippen molar-refractivity contribution < 1.29 is 4.79 Å². The molecule has 0 saturated carbocycles. The maximum Gasteiger partial charge on any atom is 0.220 e.